The zero-order valence-corrected chi connectivity index (χ0v) is 15.4. The lowest BCUT2D eigenvalue weighted by molar-refractivity contribution is 0.0383. The van der Waals surface area contributed by atoms with Crippen molar-refractivity contribution in [3.63, 3.8) is 0 Å². The average Bonchev–Trinajstić information content (AvgIpc) is 3.29. The summed E-state index contributed by atoms with van der Waals surface area (Å²) in [5.41, 5.74) is 1.61. The molecule has 25 heavy (non-hydrogen) atoms. The van der Waals surface area contributed by atoms with Gasteiger partial charge in [-0.1, -0.05) is 18.2 Å². The molecule has 2 aromatic heterocycles. The van der Waals surface area contributed by atoms with Gasteiger partial charge in [-0.05, 0) is 6.07 Å². The third-order valence-corrected chi connectivity index (χ3v) is 6.10. The molecule has 1 aromatic carbocycles. The minimum Gasteiger partial charge on any atom is -0.379 e. The molecule has 7 heteroatoms. The van der Waals surface area contributed by atoms with E-state index in [1.165, 1.54) is 21.4 Å². The zero-order valence-electron chi connectivity index (χ0n) is 13.7. The molecular formula is C18H19N3O2S2. The predicted octanol–water partition coefficient (Wildman–Crippen LogP) is 3.09. The van der Waals surface area contributed by atoms with Gasteiger partial charge in [0.25, 0.3) is 5.91 Å². The van der Waals surface area contributed by atoms with Gasteiger partial charge < -0.3 is 10.1 Å². The van der Waals surface area contributed by atoms with Crippen LogP contribution in [-0.4, -0.2) is 55.2 Å². The fourth-order valence-electron chi connectivity index (χ4n) is 2.89. The molecule has 1 N–H and O–H groups in total. The highest BCUT2D eigenvalue weighted by Gasteiger charge is 2.15. The summed E-state index contributed by atoms with van der Waals surface area (Å²) in [5.74, 6) is -0.102. The number of carbonyl (C=O) groups excluding carboxylic acids is 1. The minimum absolute atomic E-state index is 0.102. The van der Waals surface area contributed by atoms with Gasteiger partial charge in [-0.2, -0.15) is 0 Å². The number of nitrogens with one attached hydrogen (secondary N) is 1. The summed E-state index contributed by atoms with van der Waals surface area (Å²) in [6.07, 6.45) is 0. The smallest absolute Gasteiger partial charge is 0.270 e. The van der Waals surface area contributed by atoms with Crippen molar-refractivity contribution < 1.29 is 9.53 Å². The number of thiazole rings is 1. The number of nitrogens with zero attached hydrogens (tertiary/aromatic N) is 2. The minimum atomic E-state index is -0.102. The summed E-state index contributed by atoms with van der Waals surface area (Å²) in [5, 5.41) is 9.02. The van der Waals surface area contributed by atoms with E-state index in [4.69, 9.17) is 4.74 Å². The molecule has 0 radical (unpaired) electrons. The Morgan fingerprint density at radius 2 is 2.04 bits per heavy atom. The molecule has 1 saturated heterocycles. The Kier molecular flexibility index (Phi) is 5.07. The van der Waals surface area contributed by atoms with E-state index in [-0.39, 0.29) is 5.91 Å². The summed E-state index contributed by atoms with van der Waals surface area (Å²) >= 11 is 3.23. The molecular weight excluding hydrogens is 354 g/mol. The van der Waals surface area contributed by atoms with E-state index in [1.807, 2.05) is 17.5 Å². The number of benzene rings is 1. The Labute approximate surface area is 154 Å². The molecule has 1 fully saturated rings. The van der Waals surface area contributed by atoms with E-state index in [2.05, 4.69) is 32.7 Å². The van der Waals surface area contributed by atoms with Crippen LogP contribution in [0.25, 0.3) is 20.7 Å². The van der Waals surface area contributed by atoms with Crippen molar-refractivity contribution in [2.24, 2.45) is 0 Å². The van der Waals surface area contributed by atoms with Gasteiger partial charge in [-0.15, -0.1) is 22.7 Å². The lowest BCUT2D eigenvalue weighted by atomic mass is 10.2. The third-order valence-electron chi connectivity index (χ3n) is 4.27. The predicted molar refractivity (Wildman–Crippen MR) is 103 cm³/mol. The number of amides is 1. The van der Waals surface area contributed by atoms with E-state index in [0.29, 0.717) is 12.2 Å². The fraction of sp³-hybridized carbons (Fsp3) is 0.333. The number of carbonyl (C=O) groups is 1. The maximum absolute atomic E-state index is 12.3. The standard InChI is InChI=1S/C18H19N3O2S2/c22-17(19-5-6-21-7-9-23-10-8-21)15-12-25-18(20-15)14-11-24-16-4-2-1-3-13(14)16/h1-4,11-12H,5-10H2,(H,19,22). The molecule has 0 bridgehead atoms. The first-order valence-electron chi connectivity index (χ1n) is 8.32. The number of ether oxygens (including phenoxy) is 1. The molecule has 0 aliphatic carbocycles. The molecule has 0 atom stereocenters. The molecule has 0 saturated carbocycles. The summed E-state index contributed by atoms with van der Waals surface area (Å²) in [4.78, 5) is 19.2. The van der Waals surface area contributed by atoms with Crippen molar-refractivity contribution in [2.45, 2.75) is 0 Å². The fourth-order valence-corrected chi connectivity index (χ4v) is 4.74. The van der Waals surface area contributed by atoms with Gasteiger partial charge in [-0.3, -0.25) is 9.69 Å². The highest BCUT2D eigenvalue weighted by Crippen LogP contribution is 2.35. The Morgan fingerprint density at radius 3 is 2.92 bits per heavy atom. The lowest BCUT2D eigenvalue weighted by Gasteiger charge is -2.26. The highest BCUT2D eigenvalue weighted by atomic mass is 32.1. The maximum Gasteiger partial charge on any atom is 0.270 e. The van der Waals surface area contributed by atoms with Crippen molar-refractivity contribution in [1.29, 1.82) is 0 Å². The van der Waals surface area contributed by atoms with Crippen LogP contribution in [0.5, 0.6) is 0 Å². The van der Waals surface area contributed by atoms with Crippen LogP contribution in [0, 0.1) is 0 Å². The van der Waals surface area contributed by atoms with E-state index >= 15 is 0 Å². The largest absolute Gasteiger partial charge is 0.379 e. The SMILES string of the molecule is O=C(NCCN1CCOCC1)c1csc(-c2csc3ccccc23)n1. The number of thiophene rings is 1. The van der Waals surface area contributed by atoms with Crippen LogP contribution in [0.4, 0.5) is 0 Å². The topological polar surface area (TPSA) is 54.5 Å². The Bertz CT molecular complexity index is 868. The number of aromatic nitrogens is 1. The summed E-state index contributed by atoms with van der Waals surface area (Å²) < 4.78 is 6.57. The first kappa shape index (κ1) is 16.7. The number of hydrogen-bond donors (Lipinski definition) is 1. The average molecular weight is 374 g/mol. The Balaban J connectivity index is 1.39. The van der Waals surface area contributed by atoms with E-state index < -0.39 is 0 Å². The lowest BCUT2D eigenvalue weighted by Crippen LogP contribution is -2.41. The van der Waals surface area contributed by atoms with E-state index in [0.717, 1.165) is 43.4 Å². The second kappa shape index (κ2) is 7.61. The van der Waals surface area contributed by atoms with Gasteiger partial charge in [-0.25, -0.2) is 4.98 Å². The van der Waals surface area contributed by atoms with Crippen molar-refractivity contribution in [2.75, 3.05) is 39.4 Å². The van der Waals surface area contributed by atoms with Gasteiger partial charge in [0, 0.05) is 52.6 Å². The second-order valence-corrected chi connectivity index (χ2v) is 7.66. The number of hydrogen-bond acceptors (Lipinski definition) is 6. The van der Waals surface area contributed by atoms with Crippen LogP contribution in [0.2, 0.25) is 0 Å². The van der Waals surface area contributed by atoms with Gasteiger partial charge in [0.2, 0.25) is 0 Å². The van der Waals surface area contributed by atoms with Crippen LogP contribution < -0.4 is 5.32 Å². The van der Waals surface area contributed by atoms with Gasteiger partial charge in [0.05, 0.1) is 13.2 Å². The molecule has 1 amide bonds. The maximum atomic E-state index is 12.3. The molecule has 4 rings (SSSR count). The number of fused-ring (bicyclic) bond motifs is 1. The van der Waals surface area contributed by atoms with Crippen molar-refractivity contribution in [3.8, 4) is 10.6 Å². The van der Waals surface area contributed by atoms with Crippen molar-refractivity contribution in [3.05, 3.63) is 40.7 Å². The van der Waals surface area contributed by atoms with Crippen LogP contribution in [0.1, 0.15) is 10.5 Å². The summed E-state index contributed by atoms with van der Waals surface area (Å²) in [7, 11) is 0. The molecule has 1 aliphatic rings. The number of morpholine rings is 1. The molecule has 0 spiro atoms. The van der Waals surface area contributed by atoms with Gasteiger partial charge in [0.15, 0.2) is 0 Å². The molecule has 3 heterocycles. The summed E-state index contributed by atoms with van der Waals surface area (Å²) in [6, 6.07) is 8.28. The van der Waals surface area contributed by atoms with Crippen molar-refractivity contribution >= 4 is 38.7 Å². The molecule has 0 unspecified atom stereocenters. The van der Waals surface area contributed by atoms with Crippen LogP contribution in [-0.2, 0) is 4.74 Å². The summed E-state index contributed by atoms with van der Waals surface area (Å²) in [6.45, 7) is 4.90. The van der Waals surface area contributed by atoms with Crippen molar-refractivity contribution in [1.82, 2.24) is 15.2 Å². The van der Waals surface area contributed by atoms with Gasteiger partial charge >= 0.3 is 0 Å². The van der Waals surface area contributed by atoms with Crippen LogP contribution >= 0.6 is 22.7 Å². The first-order valence-corrected chi connectivity index (χ1v) is 10.1. The molecule has 130 valence electrons. The quantitative estimate of drug-likeness (QED) is 0.747. The first-order chi connectivity index (χ1) is 12.3. The highest BCUT2D eigenvalue weighted by molar-refractivity contribution is 7.19. The Hall–Kier alpha value is -1.80. The van der Waals surface area contributed by atoms with Crippen LogP contribution in [0.15, 0.2) is 35.0 Å². The third kappa shape index (κ3) is 3.74. The molecule has 5 nitrogen and oxygen atoms in total. The number of rotatable bonds is 5. The normalized spacial score (nSPS) is 15.5. The Morgan fingerprint density at radius 1 is 1.20 bits per heavy atom. The second-order valence-electron chi connectivity index (χ2n) is 5.89. The van der Waals surface area contributed by atoms with Gasteiger partial charge in [0.1, 0.15) is 10.7 Å². The van der Waals surface area contributed by atoms with E-state index in [9.17, 15) is 4.79 Å². The molecule has 1 aliphatic heterocycles. The molecule has 3 aromatic rings. The van der Waals surface area contributed by atoms with Crippen LogP contribution in [0.3, 0.4) is 0 Å². The zero-order chi connectivity index (χ0) is 17.1. The van der Waals surface area contributed by atoms with E-state index in [1.54, 1.807) is 11.3 Å². The monoisotopic (exact) mass is 373 g/mol.